The van der Waals surface area contributed by atoms with E-state index in [4.69, 9.17) is 4.74 Å². The van der Waals surface area contributed by atoms with Gasteiger partial charge in [0.1, 0.15) is 0 Å². The zero-order valence-electron chi connectivity index (χ0n) is 10.7. The van der Waals surface area contributed by atoms with E-state index in [9.17, 15) is 4.79 Å². The van der Waals surface area contributed by atoms with E-state index in [0.717, 1.165) is 32.7 Å². The highest BCUT2D eigenvalue weighted by Gasteiger charge is 2.42. The van der Waals surface area contributed by atoms with Gasteiger partial charge in [0.25, 0.3) is 0 Å². The number of morpholine rings is 1. The molecule has 0 spiro atoms. The Morgan fingerprint density at radius 2 is 2.32 bits per heavy atom. The minimum atomic E-state index is 0.0607. The molecule has 1 saturated carbocycles. The van der Waals surface area contributed by atoms with Crippen LogP contribution >= 0.6 is 0 Å². The van der Waals surface area contributed by atoms with Crippen molar-refractivity contribution in [2.24, 2.45) is 0 Å². The molecule has 19 heavy (non-hydrogen) atoms. The Kier molecular flexibility index (Phi) is 3.69. The number of ether oxygens (including phenoxy) is 1. The van der Waals surface area contributed by atoms with Crippen molar-refractivity contribution in [2.75, 3.05) is 26.3 Å². The van der Waals surface area contributed by atoms with Gasteiger partial charge in [-0.25, -0.2) is 0 Å². The summed E-state index contributed by atoms with van der Waals surface area (Å²) < 4.78 is 5.32. The zero-order chi connectivity index (χ0) is 13.1. The van der Waals surface area contributed by atoms with Gasteiger partial charge in [0.2, 0.25) is 5.91 Å². The summed E-state index contributed by atoms with van der Waals surface area (Å²) in [5.41, 5.74) is 0. The van der Waals surface area contributed by atoms with Gasteiger partial charge in [-0.15, -0.1) is 10.2 Å². The van der Waals surface area contributed by atoms with Crippen molar-refractivity contribution in [3.8, 4) is 0 Å². The van der Waals surface area contributed by atoms with Crippen LogP contribution in [0.2, 0.25) is 0 Å². The second-order valence-corrected chi connectivity index (χ2v) is 4.95. The second-order valence-electron chi connectivity index (χ2n) is 4.95. The molecule has 1 aromatic rings. The molecule has 3 rings (SSSR count). The number of carbonyl (C=O) groups is 1. The molecule has 2 atom stereocenters. The van der Waals surface area contributed by atoms with Crippen LogP contribution in [0.15, 0.2) is 0 Å². The van der Waals surface area contributed by atoms with Crippen LogP contribution in [-0.4, -0.2) is 69.8 Å². The lowest BCUT2D eigenvalue weighted by molar-refractivity contribution is -0.121. The fourth-order valence-electron chi connectivity index (χ4n) is 2.44. The highest BCUT2D eigenvalue weighted by molar-refractivity contribution is 5.76. The first-order valence-electron chi connectivity index (χ1n) is 6.66. The van der Waals surface area contributed by atoms with Crippen LogP contribution in [0.25, 0.3) is 0 Å². The third kappa shape index (κ3) is 3.27. The first-order chi connectivity index (χ1) is 9.33. The predicted octanol–water partition coefficient (Wildman–Crippen LogP) is -1.28. The van der Waals surface area contributed by atoms with Gasteiger partial charge in [-0.1, -0.05) is 5.21 Å². The van der Waals surface area contributed by atoms with Crippen molar-refractivity contribution in [3.05, 3.63) is 5.82 Å². The quantitative estimate of drug-likeness (QED) is 0.689. The summed E-state index contributed by atoms with van der Waals surface area (Å²) in [5, 5.41) is 16.5. The summed E-state index contributed by atoms with van der Waals surface area (Å²) in [5.74, 6) is 0.640. The van der Waals surface area contributed by atoms with Crippen molar-refractivity contribution < 1.29 is 9.53 Å². The van der Waals surface area contributed by atoms with Gasteiger partial charge in [-0.05, 0) is 6.42 Å². The number of nitrogens with one attached hydrogen (secondary N) is 2. The Bertz CT molecular complexity index is 417. The largest absolute Gasteiger partial charge is 0.379 e. The van der Waals surface area contributed by atoms with E-state index in [1.165, 1.54) is 0 Å². The molecule has 2 fully saturated rings. The van der Waals surface area contributed by atoms with Gasteiger partial charge < -0.3 is 10.1 Å². The third-order valence-corrected chi connectivity index (χ3v) is 3.58. The Morgan fingerprint density at radius 1 is 1.47 bits per heavy atom. The van der Waals surface area contributed by atoms with Crippen molar-refractivity contribution >= 4 is 5.91 Å². The van der Waals surface area contributed by atoms with E-state index in [1.807, 2.05) is 0 Å². The minimum Gasteiger partial charge on any atom is -0.379 e. The lowest BCUT2D eigenvalue weighted by atomic mass is 10.3. The van der Waals surface area contributed by atoms with E-state index in [2.05, 4.69) is 30.8 Å². The van der Waals surface area contributed by atoms with Gasteiger partial charge in [-0.3, -0.25) is 9.69 Å². The monoisotopic (exact) mass is 266 g/mol. The molecular weight excluding hydrogens is 248 g/mol. The standard InChI is InChI=1S/C11H18N6O2/c18-11(2-1-10-13-15-16-14-10)12-8-7-9(8)17-3-5-19-6-4-17/h8-9H,1-7H2,(H,12,18)(H,13,14,15,16)/t8-,9+/m1/s1. The highest BCUT2D eigenvalue weighted by atomic mass is 16.5. The molecule has 0 bridgehead atoms. The van der Waals surface area contributed by atoms with Crippen LogP contribution in [0.3, 0.4) is 0 Å². The number of rotatable bonds is 5. The van der Waals surface area contributed by atoms with E-state index in [1.54, 1.807) is 0 Å². The van der Waals surface area contributed by atoms with E-state index in [0.29, 0.717) is 30.7 Å². The zero-order valence-corrected chi connectivity index (χ0v) is 10.7. The lowest BCUT2D eigenvalue weighted by Crippen LogP contribution is -2.41. The number of nitrogens with zero attached hydrogens (tertiary/aromatic N) is 4. The minimum absolute atomic E-state index is 0.0607. The second kappa shape index (κ2) is 5.62. The fourth-order valence-corrected chi connectivity index (χ4v) is 2.44. The molecule has 1 aromatic heterocycles. The molecular formula is C11H18N6O2. The molecule has 2 aliphatic rings. The molecule has 0 aromatic carbocycles. The van der Waals surface area contributed by atoms with Crippen molar-refractivity contribution in [1.82, 2.24) is 30.8 Å². The summed E-state index contributed by atoms with van der Waals surface area (Å²) in [4.78, 5) is 14.2. The van der Waals surface area contributed by atoms with E-state index < -0.39 is 0 Å². The lowest BCUT2D eigenvalue weighted by Gasteiger charge is -2.26. The Balaban J connectivity index is 1.37. The van der Waals surface area contributed by atoms with E-state index >= 15 is 0 Å². The van der Waals surface area contributed by atoms with Crippen LogP contribution in [-0.2, 0) is 16.0 Å². The highest BCUT2D eigenvalue weighted by Crippen LogP contribution is 2.28. The number of H-pyrrole nitrogens is 1. The van der Waals surface area contributed by atoms with Crippen LogP contribution in [0.1, 0.15) is 18.7 Å². The van der Waals surface area contributed by atoms with Gasteiger partial charge in [-0.2, -0.15) is 5.21 Å². The fraction of sp³-hybridized carbons (Fsp3) is 0.818. The van der Waals surface area contributed by atoms with Gasteiger partial charge in [0.15, 0.2) is 5.82 Å². The number of hydrogen-bond donors (Lipinski definition) is 2. The summed E-state index contributed by atoms with van der Waals surface area (Å²) in [6, 6.07) is 0.800. The van der Waals surface area contributed by atoms with Crippen molar-refractivity contribution in [1.29, 1.82) is 0 Å². The Morgan fingerprint density at radius 3 is 3.05 bits per heavy atom. The third-order valence-electron chi connectivity index (χ3n) is 3.58. The molecule has 1 aliphatic carbocycles. The summed E-state index contributed by atoms with van der Waals surface area (Å²) >= 11 is 0. The molecule has 104 valence electrons. The topological polar surface area (TPSA) is 96.0 Å². The number of amides is 1. The van der Waals surface area contributed by atoms with Gasteiger partial charge in [0, 0.05) is 38.0 Å². The smallest absolute Gasteiger partial charge is 0.220 e. The van der Waals surface area contributed by atoms with Crippen molar-refractivity contribution in [3.63, 3.8) is 0 Å². The van der Waals surface area contributed by atoms with Crippen LogP contribution < -0.4 is 5.32 Å². The average molecular weight is 266 g/mol. The maximum atomic E-state index is 11.8. The molecule has 2 N–H and O–H groups in total. The summed E-state index contributed by atoms with van der Waals surface area (Å²) in [6.07, 6.45) is 1.98. The molecule has 0 radical (unpaired) electrons. The number of tetrazole rings is 1. The van der Waals surface area contributed by atoms with Crippen molar-refractivity contribution in [2.45, 2.75) is 31.3 Å². The number of aromatic amines is 1. The predicted molar refractivity (Wildman–Crippen MR) is 65.2 cm³/mol. The van der Waals surface area contributed by atoms with E-state index in [-0.39, 0.29) is 5.91 Å². The average Bonchev–Trinajstić information content (AvgIpc) is 3.00. The Labute approximate surface area is 110 Å². The normalized spacial score (nSPS) is 27.2. The molecule has 0 unspecified atom stereocenters. The maximum absolute atomic E-state index is 11.8. The number of hydrogen-bond acceptors (Lipinski definition) is 6. The number of carbonyl (C=O) groups excluding carboxylic acids is 1. The maximum Gasteiger partial charge on any atom is 0.220 e. The SMILES string of the molecule is O=C(CCc1nn[nH]n1)N[C@@H]1C[C@@H]1N1CCOCC1. The van der Waals surface area contributed by atoms with Crippen LogP contribution in [0.5, 0.6) is 0 Å². The molecule has 1 aliphatic heterocycles. The van der Waals surface area contributed by atoms with Crippen LogP contribution in [0.4, 0.5) is 0 Å². The first kappa shape index (κ1) is 12.5. The van der Waals surface area contributed by atoms with Gasteiger partial charge in [0.05, 0.1) is 13.2 Å². The molecule has 8 nitrogen and oxygen atoms in total. The summed E-state index contributed by atoms with van der Waals surface area (Å²) in [7, 11) is 0. The van der Waals surface area contributed by atoms with Gasteiger partial charge >= 0.3 is 0 Å². The van der Waals surface area contributed by atoms with Crippen LogP contribution in [0, 0.1) is 0 Å². The molecule has 1 amide bonds. The summed E-state index contributed by atoms with van der Waals surface area (Å²) in [6.45, 7) is 3.55. The molecule has 1 saturated heterocycles. The first-order valence-corrected chi connectivity index (χ1v) is 6.66. The number of aromatic nitrogens is 4. The molecule has 8 heteroatoms. The number of aryl methyl sites for hydroxylation is 1. The molecule has 2 heterocycles. The Hall–Kier alpha value is -1.54.